The van der Waals surface area contributed by atoms with E-state index in [1.165, 1.54) is 20.9 Å². The summed E-state index contributed by atoms with van der Waals surface area (Å²) < 4.78 is 5.61. The van der Waals surface area contributed by atoms with Crippen LogP contribution in [0.15, 0.2) is 0 Å². The molecular formula is C20H35N5O10S. The third kappa shape index (κ3) is 9.18. The summed E-state index contributed by atoms with van der Waals surface area (Å²) in [4.78, 5) is 60.3. The molecule has 0 aromatic carbocycles. The average Bonchev–Trinajstić information content (AvgIpc) is 2.82. The van der Waals surface area contributed by atoms with Crippen molar-refractivity contribution in [1.29, 1.82) is 0 Å². The fourth-order valence-electron chi connectivity index (χ4n) is 3.29. The van der Waals surface area contributed by atoms with Crippen LogP contribution in [-0.2, 0) is 28.7 Å². The van der Waals surface area contributed by atoms with Crippen LogP contribution in [0.2, 0.25) is 0 Å². The number of aliphatic hydroxyl groups is 4. The minimum atomic E-state index is -1.51. The zero-order chi connectivity index (χ0) is 27.6. The number of amides is 5. The molecule has 9 N–H and O–H groups in total. The Morgan fingerprint density at radius 2 is 1.50 bits per heavy atom. The summed E-state index contributed by atoms with van der Waals surface area (Å²) in [7, 11) is 1.37. The molecule has 0 aliphatic carbocycles. The molecule has 0 aromatic rings. The Morgan fingerprint density at radius 1 is 0.889 bits per heavy atom. The Kier molecular flexibility index (Phi) is 13.1. The first kappa shape index (κ1) is 31.5. The molecule has 0 bridgehead atoms. The minimum absolute atomic E-state index is 0.224. The third-order valence-corrected chi connectivity index (χ3v) is 6.44. The van der Waals surface area contributed by atoms with E-state index in [4.69, 9.17) is 4.74 Å². The van der Waals surface area contributed by atoms with Crippen LogP contribution in [-0.4, -0.2) is 124 Å². The molecule has 0 aromatic heterocycles. The zero-order valence-electron chi connectivity index (χ0n) is 20.4. The molecule has 1 saturated heterocycles. The molecule has 36 heavy (non-hydrogen) atoms. The number of nitrogens with one attached hydrogen (secondary N) is 5. The number of ether oxygens (including phenoxy) is 1. The van der Waals surface area contributed by atoms with E-state index >= 15 is 0 Å². The van der Waals surface area contributed by atoms with Crippen LogP contribution in [0, 0.1) is 0 Å². The molecule has 1 fully saturated rings. The van der Waals surface area contributed by atoms with Crippen molar-refractivity contribution < 1.29 is 49.1 Å². The summed E-state index contributed by atoms with van der Waals surface area (Å²) >= 11 is 0.880. The number of likely N-dealkylation sites (N-methyl/N-ethyl adjacent to an activating group) is 1. The van der Waals surface area contributed by atoms with Crippen molar-refractivity contribution in [3.8, 4) is 0 Å². The van der Waals surface area contributed by atoms with Gasteiger partial charge in [-0.2, -0.15) is 0 Å². The molecule has 5 amide bonds. The van der Waals surface area contributed by atoms with Gasteiger partial charge in [0.15, 0.2) is 0 Å². The smallest absolute Gasteiger partial charge is 0.245 e. The van der Waals surface area contributed by atoms with Crippen molar-refractivity contribution in [3.05, 3.63) is 0 Å². The first-order valence-electron chi connectivity index (χ1n) is 11.1. The van der Waals surface area contributed by atoms with Crippen LogP contribution in [0.5, 0.6) is 0 Å². The highest BCUT2D eigenvalue weighted by Crippen LogP contribution is 2.29. The fraction of sp³-hybridized carbons (Fsp3) is 0.750. The predicted molar refractivity (Wildman–Crippen MR) is 126 cm³/mol. The van der Waals surface area contributed by atoms with E-state index in [1.54, 1.807) is 0 Å². The summed E-state index contributed by atoms with van der Waals surface area (Å²) in [6.45, 7) is 2.35. The van der Waals surface area contributed by atoms with Crippen molar-refractivity contribution in [2.24, 2.45) is 0 Å². The van der Waals surface area contributed by atoms with E-state index in [9.17, 15) is 44.4 Å². The monoisotopic (exact) mass is 537 g/mol. The first-order valence-corrected chi connectivity index (χ1v) is 12.1. The van der Waals surface area contributed by atoms with Crippen LogP contribution in [0.4, 0.5) is 0 Å². The van der Waals surface area contributed by atoms with E-state index in [0.717, 1.165) is 18.7 Å². The van der Waals surface area contributed by atoms with Crippen LogP contribution < -0.4 is 26.6 Å². The van der Waals surface area contributed by atoms with Gasteiger partial charge in [0.2, 0.25) is 29.5 Å². The molecule has 16 heteroatoms. The van der Waals surface area contributed by atoms with Crippen LogP contribution in [0.25, 0.3) is 0 Å². The molecule has 1 rings (SSSR count). The lowest BCUT2D eigenvalue weighted by Crippen LogP contribution is -2.63. The van der Waals surface area contributed by atoms with E-state index in [2.05, 4.69) is 26.6 Å². The van der Waals surface area contributed by atoms with E-state index in [1.807, 2.05) is 0 Å². The maximum absolute atomic E-state index is 12.9. The highest BCUT2D eigenvalue weighted by atomic mass is 32.2. The topological polar surface area (TPSA) is 236 Å². The molecule has 1 aliphatic rings. The first-order chi connectivity index (χ1) is 16.9. The number of hydrogen-bond acceptors (Lipinski definition) is 11. The van der Waals surface area contributed by atoms with Gasteiger partial charge in [0.05, 0.1) is 19.3 Å². The van der Waals surface area contributed by atoms with Crippen LogP contribution in [0.1, 0.15) is 20.8 Å². The van der Waals surface area contributed by atoms with E-state index in [-0.39, 0.29) is 5.75 Å². The number of thioether (sulfide) groups is 1. The highest BCUT2D eigenvalue weighted by Gasteiger charge is 2.45. The molecule has 15 nitrogen and oxygen atoms in total. The van der Waals surface area contributed by atoms with Gasteiger partial charge in [0.1, 0.15) is 41.9 Å². The molecule has 1 aliphatic heterocycles. The van der Waals surface area contributed by atoms with Gasteiger partial charge in [0.25, 0.3) is 0 Å². The van der Waals surface area contributed by atoms with Crippen molar-refractivity contribution in [2.75, 3.05) is 26.0 Å². The lowest BCUT2D eigenvalue weighted by atomic mass is 9.98. The number of rotatable bonds is 12. The van der Waals surface area contributed by atoms with Crippen LogP contribution in [0.3, 0.4) is 0 Å². The summed E-state index contributed by atoms with van der Waals surface area (Å²) in [6, 6.07) is -4.77. The van der Waals surface area contributed by atoms with Gasteiger partial charge in [0, 0.05) is 26.6 Å². The Labute approximate surface area is 212 Å². The van der Waals surface area contributed by atoms with Gasteiger partial charge in [-0.05, 0) is 6.92 Å². The average molecular weight is 538 g/mol. The largest absolute Gasteiger partial charge is 0.394 e. The second-order valence-electron chi connectivity index (χ2n) is 8.11. The summed E-state index contributed by atoms with van der Waals surface area (Å²) in [5.74, 6) is -3.52. The molecule has 0 spiro atoms. The second-order valence-corrected chi connectivity index (χ2v) is 9.24. The Morgan fingerprint density at radius 3 is 2.00 bits per heavy atom. The highest BCUT2D eigenvalue weighted by molar-refractivity contribution is 7.99. The maximum Gasteiger partial charge on any atom is 0.245 e. The second kappa shape index (κ2) is 14.9. The van der Waals surface area contributed by atoms with Gasteiger partial charge in [-0.1, -0.05) is 0 Å². The lowest BCUT2D eigenvalue weighted by molar-refractivity contribution is -0.173. The lowest BCUT2D eigenvalue weighted by Gasteiger charge is -2.42. The third-order valence-electron chi connectivity index (χ3n) is 5.19. The minimum Gasteiger partial charge on any atom is -0.394 e. The standard InChI is InChI=1S/C20H35N5O10S/c1-8(17(32)21-4)22-19(34)12(25-18(33)11(5-26)23-9(2)28)7-36-20-14(24-10(3)29)16(31)15(30)13(6-27)35-20/h8,11-16,20,26-27,30-31H,5-7H2,1-4H3,(H,21,32)(H,22,34)(H,23,28)(H,24,29)(H,25,33)/t8-,11-,12?,13+,14+,15-,16+,20+/m0/s1. The van der Waals surface area contributed by atoms with E-state index < -0.39 is 90.7 Å². The van der Waals surface area contributed by atoms with Crippen molar-refractivity contribution in [2.45, 2.75) is 68.7 Å². The summed E-state index contributed by atoms with van der Waals surface area (Å²) in [5, 5.41) is 51.4. The molecule has 0 saturated carbocycles. The quantitative estimate of drug-likeness (QED) is 0.114. The molecule has 0 radical (unpaired) electrons. The van der Waals surface area contributed by atoms with Gasteiger partial charge >= 0.3 is 0 Å². The Hall–Kier alpha value is -2.50. The number of carbonyl (C=O) groups is 5. The maximum atomic E-state index is 12.9. The SMILES string of the molecule is CNC(=O)[C@H](C)NC(=O)C(CS[C@H]1O[C@H](CO)[C@H](O)[C@H](O)[C@H]1NC(C)=O)NC(=O)[C@H](CO)NC(C)=O. The Balaban J connectivity index is 3.11. The van der Waals surface area contributed by atoms with Gasteiger partial charge in [-0.15, -0.1) is 11.8 Å². The van der Waals surface area contributed by atoms with Crippen LogP contribution >= 0.6 is 11.8 Å². The molecular weight excluding hydrogens is 502 g/mol. The molecule has 8 atom stereocenters. The zero-order valence-corrected chi connectivity index (χ0v) is 21.2. The molecule has 1 heterocycles. The number of carbonyl (C=O) groups excluding carboxylic acids is 5. The Bertz CT molecular complexity index is 803. The molecule has 1 unspecified atom stereocenters. The number of hydrogen-bond donors (Lipinski definition) is 9. The molecule has 206 valence electrons. The summed E-state index contributed by atoms with van der Waals surface area (Å²) in [6.07, 6.45) is -4.19. The van der Waals surface area contributed by atoms with E-state index in [0.29, 0.717) is 0 Å². The number of aliphatic hydroxyl groups excluding tert-OH is 4. The van der Waals surface area contributed by atoms with Gasteiger partial charge in [-0.25, -0.2) is 0 Å². The van der Waals surface area contributed by atoms with Gasteiger partial charge < -0.3 is 51.7 Å². The normalized spacial score (nSPS) is 26.1. The van der Waals surface area contributed by atoms with Gasteiger partial charge in [-0.3, -0.25) is 24.0 Å². The van der Waals surface area contributed by atoms with Crippen molar-refractivity contribution in [3.63, 3.8) is 0 Å². The fourth-order valence-corrected chi connectivity index (χ4v) is 4.57. The predicted octanol–water partition coefficient (Wildman–Crippen LogP) is -5.10. The van der Waals surface area contributed by atoms with Crippen molar-refractivity contribution >= 4 is 41.3 Å². The summed E-state index contributed by atoms with van der Waals surface area (Å²) in [5.41, 5.74) is -1.06. The van der Waals surface area contributed by atoms with Crippen molar-refractivity contribution in [1.82, 2.24) is 26.6 Å².